The number of aryl methyl sites for hydroxylation is 1. The highest BCUT2D eigenvalue weighted by Crippen LogP contribution is 2.25. The fraction of sp³-hybridized carbons (Fsp3) is 0.613. The molecule has 0 spiro atoms. The Morgan fingerprint density at radius 3 is 1.73 bits per heavy atom. The van der Waals surface area contributed by atoms with Crippen LogP contribution in [0.1, 0.15) is 115 Å². The third-order valence-corrected chi connectivity index (χ3v) is 6.59. The number of hydrogen-bond acceptors (Lipinski definition) is 4. The molecule has 0 aliphatic heterocycles. The number of pyridine rings is 1. The average Bonchev–Trinajstić information content (AvgIpc) is 3.38. The molecule has 1 aromatic carbocycles. The predicted molar refractivity (Wildman–Crippen MR) is 164 cm³/mol. The normalized spacial score (nSPS) is 11.0. The smallest absolute Gasteiger partial charge is 0.396 e. The maximum atomic E-state index is 8.89. The van der Waals surface area contributed by atoms with Crippen molar-refractivity contribution in [2.75, 3.05) is 6.61 Å². The number of aliphatic hydroxyl groups is 1. The van der Waals surface area contributed by atoms with Crippen LogP contribution >= 0.6 is 7.82 Å². The van der Waals surface area contributed by atoms with E-state index in [1.165, 1.54) is 107 Å². The maximum absolute atomic E-state index is 8.89. The summed E-state index contributed by atoms with van der Waals surface area (Å²) in [7, 11) is -4.64. The molecule has 0 unspecified atom stereocenters. The van der Waals surface area contributed by atoms with Gasteiger partial charge in [-0.2, -0.15) is 0 Å². The van der Waals surface area contributed by atoms with Crippen molar-refractivity contribution in [3.8, 4) is 0 Å². The number of para-hydroxylation sites is 1. The van der Waals surface area contributed by atoms with Crippen LogP contribution in [-0.4, -0.2) is 41.3 Å². The molecule has 0 radical (unpaired) electrons. The van der Waals surface area contributed by atoms with Crippen molar-refractivity contribution < 1.29 is 24.4 Å². The summed E-state index contributed by atoms with van der Waals surface area (Å²) in [5.41, 5.74) is 2.28. The lowest BCUT2D eigenvalue weighted by atomic mass is 10.0. The number of H-pyrrole nitrogens is 1. The van der Waals surface area contributed by atoms with E-state index in [1.54, 1.807) is 0 Å². The van der Waals surface area contributed by atoms with Crippen molar-refractivity contribution in [1.29, 1.82) is 0 Å². The number of unbranched alkanes of at least 4 members (excludes halogenated alkanes) is 14. The van der Waals surface area contributed by atoms with E-state index in [1.807, 2.05) is 36.7 Å². The molecule has 0 atom stereocenters. The van der Waals surface area contributed by atoms with Gasteiger partial charge in [-0.15, -0.1) is 0 Å². The van der Waals surface area contributed by atoms with E-state index in [0.29, 0.717) is 6.42 Å². The fourth-order valence-corrected chi connectivity index (χ4v) is 4.47. The second-order valence-corrected chi connectivity index (χ2v) is 11.3. The van der Waals surface area contributed by atoms with Crippen molar-refractivity contribution >= 4 is 18.7 Å². The summed E-state index contributed by atoms with van der Waals surface area (Å²) >= 11 is 0. The molecule has 5 N–H and O–H groups in total. The molecule has 0 aliphatic carbocycles. The molecule has 2 aromatic heterocycles. The monoisotopic (exact) mass is 577 g/mol. The summed E-state index contributed by atoms with van der Waals surface area (Å²) in [6, 6.07) is 12.1. The zero-order chi connectivity index (χ0) is 29.3. The van der Waals surface area contributed by atoms with Crippen LogP contribution in [0, 0.1) is 0 Å². The van der Waals surface area contributed by atoms with Gasteiger partial charge in [0.25, 0.3) is 0 Å². The lowest BCUT2D eigenvalue weighted by Crippen LogP contribution is -1.93. The van der Waals surface area contributed by atoms with E-state index in [4.69, 9.17) is 24.4 Å². The number of nitrogens with one attached hydrogen (secondary N) is 1. The first kappa shape index (κ1) is 35.9. The standard InChI is InChI=1S/C22H42N2O.C9H7N.H3O4P/c1-2-3-4-5-6-7-8-9-10-11-12-13-14-15-16-17-21-20-23-22(24-21)18-19-25;1-2-6-9-8(4-1)5-3-7-10-9;1-5(2,3)4/h20,25H,2-19H2,1H3,(H,23,24);1-7H;(H3,1,2,3,4). The Labute approximate surface area is 240 Å². The minimum Gasteiger partial charge on any atom is -0.396 e. The predicted octanol–water partition coefficient (Wildman–Crippen LogP) is 7.66. The van der Waals surface area contributed by atoms with Crippen molar-refractivity contribution in [3.05, 3.63) is 60.3 Å². The molecular weight excluding hydrogens is 525 g/mol. The summed E-state index contributed by atoms with van der Waals surface area (Å²) < 4.78 is 8.88. The van der Waals surface area contributed by atoms with Gasteiger partial charge in [-0.05, 0) is 25.0 Å². The number of imidazole rings is 1. The Kier molecular flexibility index (Phi) is 21.2. The van der Waals surface area contributed by atoms with Crippen LogP contribution in [-0.2, 0) is 17.4 Å². The molecule has 0 fully saturated rings. The number of aromatic amines is 1. The number of benzene rings is 1. The summed E-state index contributed by atoms with van der Waals surface area (Å²) in [5.74, 6) is 0.915. The van der Waals surface area contributed by atoms with Gasteiger partial charge in [0.1, 0.15) is 5.82 Å². The molecule has 226 valence electrons. The average molecular weight is 578 g/mol. The number of nitrogens with zero attached hydrogens (tertiary/aromatic N) is 2. The molecule has 3 rings (SSSR count). The number of hydrogen-bond donors (Lipinski definition) is 5. The van der Waals surface area contributed by atoms with Crippen LogP contribution in [0.15, 0.2) is 48.8 Å². The molecule has 2 heterocycles. The number of aromatic nitrogens is 3. The molecule has 9 heteroatoms. The first-order chi connectivity index (χ1) is 19.3. The van der Waals surface area contributed by atoms with Crippen LogP contribution in [0.2, 0.25) is 0 Å². The minimum atomic E-state index is -4.64. The molecule has 3 aromatic rings. The summed E-state index contributed by atoms with van der Waals surface area (Å²) in [4.78, 5) is 33.3. The number of aliphatic hydroxyl groups excluding tert-OH is 1. The molecular formula is C31H52N3O5P. The molecule has 0 amide bonds. The van der Waals surface area contributed by atoms with Gasteiger partial charge in [-0.3, -0.25) is 4.98 Å². The lowest BCUT2D eigenvalue weighted by Gasteiger charge is -2.03. The summed E-state index contributed by atoms with van der Waals surface area (Å²) in [5, 5.41) is 10.1. The number of fused-ring (bicyclic) bond motifs is 1. The largest absolute Gasteiger partial charge is 0.466 e. The van der Waals surface area contributed by atoms with Crippen molar-refractivity contribution in [2.45, 2.75) is 116 Å². The van der Waals surface area contributed by atoms with Gasteiger partial charge in [0.2, 0.25) is 0 Å². The maximum Gasteiger partial charge on any atom is 0.466 e. The highest BCUT2D eigenvalue weighted by Gasteiger charge is 2.01. The SMILES string of the molecule is CCCCCCCCCCCCCCCCCc1cnc(CCO)[nH]1.O=P(O)(O)O.c1ccc2ncccc2c1. The molecule has 40 heavy (non-hydrogen) atoms. The molecule has 0 bridgehead atoms. The zero-order valence-corrected chi connectivity index (χ0v) is 25.3. The van der Waals surface area contributed by atoms with Gasteiger partial charge in [0.15, 0.2) is 0 Å². The van der Waals surface area contributed by atoms with Crippen molar-refractivity contribution in [2.24, 2.45) is 0 Å². The molecule has 0 aliphatic rings. The Hall–Kier alpha value is -2.09. The molecule has 0 saturated heterocycles. The first-order valence-corrected chi connectivity index (χ1v) is 16.6. The van der Waals surface area contributed by atoms with Gasteiger partial charge in [-0.25, -0.2) is 9.55 Å². The van der Waals surface area contributed by atoms with Crippen molar-refractivity contribution in [1.82, 2.24) is 15.0 Å². The minimum absolute atomic E-state index is 0.173. The third kappa shape index (κ3) is 21.7. The van der Waals surface area contributed by atoms with E-state index in [2.05, 4.69) is 34.0 Å². The molecule has 8 nitrogen and oxygen atoms in total. The van der Waals surface area contributed by atoms with Gasteiger partial charge in [0.05, 0.1) is 12.1 Å². The van der Waals surface area contributed by atoms with Gasteiger partial charge in [-0.1, -0.05) is 121 Å². The van der Waals surface area contributed by atoms with Crippen LogP contribution in [0.3, 0.4) is 0 Å². The Morgan fingerprint density at radius 2 is 1.20 bits per heavy atom. The van der Waals surface area contributed by atoms with Crippen LogP contribution in [0.4, 0.5) is 0 Å². The highest BCUT2D eigenvalue weighted by molar-refractivity contribution is 7.45. The quantitative estimate of drug-likeness (QED) is 0.0772. The lowest BCUT2D eigenvalue weighted by molar-refractivity contribution is 0.275. The number of phosphoric acid groups is 1. The second-order valence-electron chi connectivity index (χ2n) is 10.2. The zero-order valence-electron chi connectivity index (χ0n) is 24.4. The van der Waals surface area contributed by atoms with Crippen LogP contribution in [0.25, 0.3) is 10.9 Å². The van der Waals surface area contributed by atoms with Gasteiger partial charge >= 0.3 is 7.82 Å². The first-order valence-electron chi connectivity index (χ1n) is 15.0. The van der Waals surface area contributed by atoms with E-state index in [9.17, 15) is 0 Å². The van der Waals surface area contributed by atoms with E-state index < -0.39 is 7.82 Å². The Balaban J connectivity index is 0.000000430. The fourth-order valence-electron chi connectivity index (χ4n) is 4.47. The third-order valence-electron chi connectivity index (χ3n) is 6.59. The highest BCUT2D eigenvalue weighted by atomic mass is 31.2. The Bertz CT molecular complexity index is 967. The van der Waals surface area contributed by atoms with Gasteiger partial charge < -0.3 is 24.8 Å². The van der Waals surface area contributed by atoms with Crippen molar-refractivity contribution in [3.63, 3.8) is 0 Å². The number of rotatable bonds is 18. The summed E-state index contributed by atoms with van der Waals surface area (Å²) in [6.45, 7) is 2.46. The van der Waals surface area contributed by atoms with Gasteiger partial charge in [0, 0.05) is 29.9 Å². The second kappa shape index (κ2) is 23.6. The molecule has 0 saturated carbocycles. The van der Waals surface area contributed by atoms with E-state index in [-0.39, 0.29) is 6.61 Å². The van der Waals surface area contributed by atoms with E-state index in [0.717, 1.165) is 17.8 Å². The summed E-state index contributed by atoms with van der Waals surface area (Å²) in [6.07, 6.45) is 26.6. The topological polar surface area (TPSA) is 140 Å². The Morgan fingerprint density at radius 1 is 0.700 bits per heavy atom. The van der Waals surface area contributed by atoms with Crippen LogP contribution < -0.4 is 0 Å². The van der Waals surface area contributed by atoms with Crippen LogP contribution in [0.5, 0.6) is 0 Å². The van der Waals surface area contributed by atoms with E-state index >= 15 is 0 Å².